The smallest absolute Gasteiger partial charge is 0.334 e. The molecule has 2 heterocycles. The molecule has 8 nitrogen and oxygen atoms in total. The number of fused-ring (bicyclic) bond motifs is 1. The molecule has 0 saturated carbocycles. The van der Waals surface area contributed by atoms with Crippen LogP contribution in [0.3, 0.4) is 0 Å². The summed E-state index contributed by atoms with van der Waals surface area (Å²) in [5.41, 5.74) is 2.51. The number of hydrogen-bond donors (Lipinski definition) is 2. The lowest BCUT2D eigenvalue weighted by Crippen LogP contribution is -2.34. The summed E-state index contributed by atoms with van der Waals surface area (Å²) in [6.45, 7) is 4.24. The third-order valence-corrected chi connectivity index (χ3v) is 5.10. The highest BCUT2D eigenvalue weighted by molar-refractivity contribution is 5.73. The fourth-order valence-electron chi connectivity index (χ4n) is 3.31. The van der Waals surface area contributed by atoms with Gasteiger partial charge in [-0.25, -0.2) is 14.3 Å². The Bertz CT molecular complexity index is 1360. The van der Waals surface area contributed by atoms with Crippen LogP contribution in [0.5, 0.6) is 5.75 Å². The van der Waals surface area contributed by atoms with Crippen molar-refractivity contribution in [2.75, 3.05) is 12.4 Å². The fourth-order valence-corrected chi connectivity index (χ4v) is 3.31. The number of methoxy groups -OCH3 is 1. The summed E-state index contributed by atoms with van der Waals surface area (Å²) in [5, 5.41) is 3.33. The lowest BCUT2D eigenvalue weighted by Gasteiger charge is -2.12. The van der Waals surface area contributed by atoms with Crippen molar-refractivity contribution >= 4 is 17.0 Å². The molecule has 0 spiro atoms. The van der Waals surface area contributed by atoms with E-state index in [4.69, 9.17) is 4.74 Å². The number of nitrogens with one attached hydrogen (secondary N) is 2. The van der Waals surface area contributed by atoms with E-state index >= 15 is 0 Å². The van der Waals surface area contributed by atoms with Gasteiger partial charge in [0.1, 0.15) is 11.1 Å². The van der Waals surface area contributed by atoms with Crippen LogP contribution in [-0.2, 0) is 6.54 Å². The van der Waals surface area contributed by atoms with Gasteiger partial charge in [-0.1, -0.05) is 30.3 Å². The summed E-state index contributed by atoms with van der Waals surface area (Å²) in [6, 6.07) is 13.1. The molecule has 8 heteroatoms. The van der Waals surface area contributed by atoms with Crippen LogP contribution in [0.4, 0.5) is 5.95 Å². The van der Waals surface area contributed by atoms with Crippen LogP contribution in [0, 0.1) is 13.8 Å². The van der Waals surface area contributed by atoms with Crippen molar-refractivity contribution in [3.8, 4) is 11.4 Å². The predicted octanol–water partition coefficient (Wildman–Crippen LogP) is 2.71. The third-order valence-electron chi connectivity index (χ3n) is 5.10. The van der Waals surface area contributed by atoms with E-state index in [1.54, 1.807) is 13.2 Å². The quantitative estimate of drug-likeness (QED) is 0.531. The van der Waals surface area contributed by atoms with Gasteiger partial charge in [0, 0.05) is 18.3 Å². The first-order valence-corrected chi connectivity index (χ1v) is 9.44. The number of nitrogens with zero attached hydrogens (tertiary/aromatic N) is 3. The Morgan fingerprint density at radius 3 is 2.70 bits per heavy atom. The van der Waals surface area contributed by atoms with Gasteiger partial charge in [0.2, 0.25) is 5.95 Å². The van der Waals surface area contributed by atoms with E-state index in [1.165, 1.54) is 6.20 Å². The monoisotopic (exact) mass is 403 g/mol. The second-order valence-corrected chi connectivity index (χ2v) is 6.91. The summed E-state index contributed by atoms with van der Waals surface area (Å²) >= 11 is 0. The molecule has 0 aliphatic heterocycles. The molecule has 4 aromatic rings. The van der Waals surface area contributed by atoms with E-state index in [0.717, 1.165) is 27.0 Å². The van der Waals surface area contributed by atoms with Gasteiger partial charge in [-0.15, -0.1) is 0 Å². The van der Waals surface area contributed by atoms with Crippen LogP contribution in [-0.4, -0.2) is 26.6 Å². The second kappa shape index (κ2) is 7.82. The first-order chi connectivity index (χ1) is 14.5. The number of anilines is 1. The fraction of sp³-hybridized carbons (Fsp3) is 0.182. The second-order valence-electron chi connectivity index (χ2n) is 6.91. The number of benzene rings is 2. The van der Waals surface area contributed by atoms with E-state index < -0.39 is 11.2 Å². The molecule has 30 heavy (non-hydrogen) atoms. The number of para-hydroxylation sites is 1. The number of aromatic nitrogens is 4. The first kappa shape index (κ1) is 19.4. The molecule has 0 fully saturated rings. The van der Waals surface area contributed by atoms with Crippen LogP contribution in [0.15, 0.2) is 58.3 Å². The molecule has 4 rings (SSSR count). The average Bonchev–Trinajstić information content (AvgIpc) is 2.75. The number of aryl methyl sites for hydroxylation is 1. The molecule has 0 atom stereocenters. The zero-order valence-electron chi connectivity index (χ0n) is 16.9. The highest BCUT2D eigenvalue weighted by atomic mass is 16.5. The number of aromatic amines is 1. The largest absolute Gasteiger partial charge is 0.496 e. The lowest BCUT2D eigenvalue weighted by atomic mass is 10.1. The number of ether oxygens (including phenoxy) is 1. The van der Waals surface area contributed by atoms with E-state index in [1.807, 2.05) is 50.2 Å². The van der Waals surface area contributed by atoms with E-state index in [9.17, 15) is 9.59 Å². The van der Waals surface area contributed by atoms with E-state index in [-0.39, 0.29) is 11.0 Å². The van der Waals surface area contributed by atoms with Gasteiger partial charge in [-0.3, -0.25) is 9.78 Å². The molecular weight excluding hydrogens is 382 g/mol. The Balaban J connectivity index is 1.72. The van der Waals surface area contributed by atoms with Gasteiger partial charge in [0.15, 0.2) is 5.65 Å². The summed E-state index contributed by atoms with van der Waals surface area (Å²) in [5.74, 6) is 1.04. The highest BCUT2D eigenvalue weighted by Crippen LogP contribution is 2.18. The molecule has 152 valence electrons. The Kier molecular flexibility index (Phi) is 5.05. The van der Waals surface area contributed by atoms with Crippen molar-refractivity contribution in [1.82, 2.24) is 19.5 Å². The molecular formula is C22H21N5O3. The molecule has 0 saturated heterocycles. The number of hydrogen-bond acceptors (Lipinski definition) is 6. The van der Waals surface area contributed by atoms with Gasteiger partial charge in [0.25, 0.3) is 5.56 Å². The van der Waals surface area contributed by atoms with Gasteiger partial charge in [-0.05, 0) is 37.1 Å². The minimum absolute atomic E-state index is 0.184. The zero-order valence-corrected chi connectivity index (χ0v) is 16.9. The summed E-state index contributed by atoms with van der Waals surface area (Å²) in [4.78, 5) is 37.0. The van der Waals surface area contributed by atoms with Gasteiger partial charge in [0.05, 0.1) is 12.8 Å². The molecule has 0 bridgehead atoms. The molecule has 0 aliphatic carbocycles. The molecule has 0 radical (unpaired) electrons. The van der Waals surface area contributed by atoms with E-state index in [2.05, 4.69) is 20.3 Å². The molecule has 0 amide bonds. The van der Waals surface area contributed by atoms with Gasteiger partial charge >= 0.3 is 5.69 Å². The minimum atomic E-state index is -0.546. The minimum Gasteiger partial charge on any atom is -0.496 e. The Morgan fingerprint density at radius 1 is 1.10 bits per heavy atom. The maximum absolute atomic E-state index is 13.0. The maximum Gasteiger partial charge on any atom is 0.334 e. The lowest BCUT2D eigenvalue weighted by molar-refractivity contribution is 0.410. The molecule has 2 aromatic heterocycles. The third kappa shape index (κ3) is 3.43. The van der Waals surface area contributed by atoms with E-state index in [0.29, 0.717) is 18.2 Å². The molecule has 0 unspecified atom stereocenters. The maximum atomic E-state index is 13.0. The summed E-state index contributed by atoms with van der Waals surface area (Å²) in [7, 11) is 1.61. The standard InChI is InChI=1S/C22H21N5O3/c1-13-7-6-9-17(14(13)2)27-20(28)16-12-24-21(25-19(16)26-22(27)29)23-11-15-8-4-5-10-18(15)30-3/h4-10,12H,11H2,1-3H3,(H2,23,24,25,26,29). The molecule has 2 aromatic carbocycles. The van der Waals surface area contributed by atoms with Gasteiger partial charge in [-0.2, -0.15) is 4.98 Å². The van der Waals surface area contributed by atoms with Crippen LogP contribution in [0.2, 0.25) is 0 Å². The summed E-state index contributed by atoms with van der Waals surface area (Å²) < 4.78 is 6.46. The van der Waals surface area contributed by atoms with Crippen LogP contribution in [0.25, 0.3) is 16.7 Å². The van der Waals surface area contributed by atoms with Crippen molar-refractivity contribution in [2.24, 2.45) is 0 Å². The number of H-pyrrole nitrogens is 1. The van der Waals surface area contributed by atoms with Crippen molar-refractivity contribution in [1.29, 1.82) is 0 Å². The van der Waals surface area contributed by atoms with Crippen LogP contribution >= 0.6 is 0 Å². The number of rotatable bonds is 5. The summed E-state index contributed by atoms with van der Waals surface area (Å²) in [6.07, 6.45) is 1.42. The SMILES string of the molecule is COc1ccccc1CNc1ncc2c(=O)n(-c3cccc(C)c3C)c(=O)[nH]c2n1. The van der Waals surface area contributed by atoms with Crippen molar-refractivity contribution in [2.45, 2.75) is 20.4 Å². The van der Waals surface area contributed by atoms with Crippen molar-refractivity contribution in [3.05, 3.63) is 86.2 Å². The zero-order chi connectivity index (χ0) is 21.3. The highest BCUT2D eigenvalue weighted by Gasteiger charge is 2.14. The molecule has 0 aliphatic rings. The Labute approximate surface area is 172 Å². The average molecular weight is 403 g/mol. The Hall–Kier alpha value is -3.94. The first-order valence-electron chi connectivity index (χ1n) is 9.44. The van der Waals surface area contributed by atoms with Gasteiger partial charge < -0.3 is 10.1 Å². The van der Waals surface area contributed by atoms with Crippen LogP contribution < -0.4 is 21.3 Å². The van der Waals surface area contributed by atoms with Crippen LogP contribution in [0.1, 0.15) is 16.7 Å². The normalized spacial score (nSPS) is 10.9. The molecule has 2 N–H and O–H groups in total. The Morgan fingerprint density at radius 2 is 1.90 bits per heavy atom. The van der Waals surface area contributed by atoms with Crippen molar-refractivity contribution < 1.29 is 4.74 Å². The predicted molar refractivity (Wildman–Crippen MR) is 116 cm³/mol. The topological polar surface area (TPSA) is 102 Å². The van der Waals surface area contributed by atoms with Crippen molar-refractivity contribution in [3.63, 3.8) is 0 Å².